The lowest BCUT2D eigenvalue weighted by atomic mass is 9.55. The molecule has 0 N–H and O–H groups in total. The minimum atomic E-state index is -0.858. The summed E-state index contributed by atoms with van der Waals surface area (Å²) in [5.74, 6) is 0.638. The Labute approximate surface area is 198 Å². The monoisotopic (exact) mass is 440 g/mol. The highest BCUT2D eigenvalue weighted by atomic mass is 16.2. The Balaban J connectivity index is 3.23. The van der Waals surface area contributed by atoms with E-state index in [0.717, 1.165) is 25.7 Å². The van der Waals surface area contributed by atoms with Gasteiger partial charge in [-0.05, 0) is 98.3 Å². The van der Waals surface area contributed by atoms with Crippen LogP contribution in [0.4, 0.5) is 0 Å². The van der Waals surface area contributed by atoms with Crippen molar-refractivity contribution in [3.05, 3.63) is 46.6 Å². The van der Waals surface area contributed by atoms with Gasteiger partial charge in [-0.25, -0.2) is 0 Å². The Morgan fingerprint density at radius 1 is 0.844 bits per heavy atom. The summed E-state index contributed by atoms with van der Waals surface area (Å²) in [7, 11) is 0. The third-order valence-electron chi connectivity index (χ3n) is 7.01. The number of rotatable bonds is 11. The van der Waals surface area contributed by atoms with E-state index in [2.05, 4.69) is 86.6 Å². The Bertz CT molecular complexity index is 776. The Kier molecular flexibility index (Phi) is 11.1. The lowest BCUT2D eigenvalue weighted by molar-refractivity contribution is -0.149. The molecular formula is C30H48O2. The Hall–Kier alpha value is -1.70. The number of hydrogen-bond acceptors (Lipinski definition) is 2. The second kappa shape index (κ2) is 12.5. The molecule has 0 bridgehead atoms. The third-order valence-corrected chi connectivity index (χ3v) is 7.01. The fourth-order valence-electron chi connectivity index (χ4n) is 4.67. The molecule has 0 amide bonds. The first kappa shape index (κ1) is 28.3. The van der Waals surface area contributed by atoms with E-state index in [0.29, 0.717) is 31.6 Å². The zero-order valence-electron chi connectivity index (χ0n) is 22.4. The van der Waals surface area contributed by atoms with Crippen LogP contribution in [-0.2, 0) is 9.59 Å². The highest BCUT2D eigenvalue weighted by molar-refractivity contribution is 6.08. The van der Waals surface area contributed by atoms with Crippen LogP contribution in [0.15, 0.2) is 46.6 Å². The molecule has 0 aromatic rings. The summed E-state index contributed by atoms with van der Waals surface area (Å²) in [5, 5.41) is 0. The minimum Gasteiger partial charge on any atom is -0.299 e. The molecule has 1 aliphatic carbocycles. The molecular weight excluding hydrogens is 392 g/mol. The molecule has 0 radical (unpaired) electrons. The van der Waals surface area contributed by atoms with E-state index in [-0.39, 0.29) is 17.0 Å². The number of allylic oxidation sites excluding steroid dienone is 8. The molecule has 0 unspecified atom stereocenters. The van der Waals surface area contributed by atoms with E-state index in [1.165, 1.54) is 22.3 Å². The normalized spacial score (nSPS) is 22.8. The van der Waals surface area contributed by atoms with Gasteiger partial charge in [0.15, 0.2) is 0 Å². The molecule has 1 aliphatic rings. The summed E-state index contributed by atoms with van der Waals surface area (Å²) < 4.78 is 0. The molecule has 1 fully saturated rings. The van der Waals surface area contributed by atoms with E-state index < -0.39 is 5.41 Å². The third kappa shape index (κ3) is 8.68. The number of carbonyl (C=O) groups is 2. The van der Waals surface area contributed by atoms with Crippen molar-refractivity contribution < 1.29 is 9.59 Å². The van der Waals surface area contributed by atoms with Crippen molar-refractivity contribution in [3.63, 3.8) is 0 Å². The summed E-state index contributed by atoms with van der Waals surface area (Å²) in [6, 6.07) is 0. The van der Waals surface area contributed by atoms with Crippen molar-refractivity contribution in [1.82, 2.24) is 0 Å². The van der Waals surface area contributed by atoms with Crippen LogP contribution in [0.1, 0.15) is 114 Å². The molecule has 2 nitrogen and oxygen atoms in total. The fraction of sp³-hybridized carbons (Fsp3) is 0.667. The Morgan fingerprint density at radius 3 is 1.91 bits per heavy atom. The predicted octanol–water partition coefficient (Wildman–Crippen LogP) is 8.73. The van der Waals surface area contributed by atoms with E-state index in [1.807, 2.05) is 0 Å². The molecule has 0 spiro atoms. The molecule has 0 aromatic heterocycles. The van der Waals surface area contributed by atoms with Crippen LogP contribution in [0.3, 0.4) is 0 Å². The molecule has 2 atom stereocenters. The van der Waals surface area contributed by atoms with Gasteiger partial charge in [-0.1, -0.05) is 60.4 Å². The summed E-state index contributed by atoms with van der Waals surface area (Å²) in [4.78, 5) is 27.2. The summed E-state index contributed by atoms with van der Waals surface area (Å²) in [6.45, 7) is 19.1. The fourth-order valence-corrected chi connectivity index (χ4v) is 4.67. The van der Waals surface area contributed by atoms with E-state index in [9.17, 15) is 9.59 Å². The predicted molar refractivity (Wildman–Crippen MR) is 139 cm³/mol. The highest BCUT2D eigenvalue weighted by Gasteiger charge is 2.52. The quantitative estimate of drug-likeness (QED) is 0.238. The minimum absolute atomic E-state index is 0.0745. The lowest BCUT2D eigenvalue weighted by Crippen LogP contribution is -2.49. The SMILES string of the molecule is CC(C)=CCCC(=O)[C@]1(C/C=C(\C)CCC=C(C)C)C[C@H](CC=C(C)C)C(C)(C)CC1=O. The van der Waals surface area contributed by atoms with Gasteiger partial charge in [-0.2, -0.15) is 0 Å². The van der Waals surface area contributed by atoms with E-state index in [1.54, 1.807) is 0 Å². The first-order valence-corrected chi connectivity index (χ1v) is 12.4. The van der Waals surface area contributed by atoms with Gasteiger partial charge in [0, 0.05) is 12.8 Å². The first-order valence-electron chi connectivity index (χ1n) is 12.4. The lowest BCUT2D eigenvalue weighted by Gasteiger charge is -2.46. The molecule has 1 rings (SSSR count). The number of hydrogen-bond donors (Lipinski definition) is 0. The molecule has 180 valence electrons. The van der Waals surface area contributed by atoms with Gasteiger partial charge in [0.05, 0.1) is 5.41 Å². The van der Waals surface area contributed by atoms with E-state index >= 15 is 0 Å². The molecule has 0 heterocycles. The zero-order valence-corrected chi connectivity index (χ0v) is 22.4. The summed E-state index contributed by atoms with van der Waals surface area (Å²) in [6.07, 6.45) is 14.7. The van der Waals surface area contributed by atoms with Crippen LogP contribution in [-0.4, -0.2) is 11.6 Å². The number of carbonyl (C=O) groups excluding carboxylic acids is 2. The van der Waals surface area contributed by atoms with Gasteiger partial charge in [0.1, 0.15) is 11.6 Å². The standard InChI is InChI=1S/C30H48O2/c1-22(2)12-10-14-25(7)18-19-30(27(31)15-11-13-23(3)4)20-26(17-16-24(5)6)29(8,9)21-28(30)32/h12-13,16,18,26H,10-11,14-15,17,19-21H2,1-9H3/b25-18+/t26-,30-/m0/s1. The molecule has 0 saturated heterocycles. The van der Waals surface area contributed by atoms with Crippen LogP contribution < -0.4 is 0 Å². The van der Waals surface area contributed by atoms with Gasteiger partial charge in [-0.3, -0.25) is 9.59 Å². The summed E-state index contributed by atoms with van der Waals surface area (Å²) >= 11 is 0. The van der Waals surface area contributed by atoms with Crippen molar-refractivity contribution in [1.29, 1.82) is 0 Å². The van der Waals surface area contributed by atoms with Crippen LogP contribution in [0, 0.1) is 16.7 Å². The number of Topliss-reactive ketones (excluding diaryl/α,β-unsaturated/α-hetero) is 2. The van der Waals surface area contributed by atoms with Crippen LogP contribution in [0.25, 0.3) is 0 Å². The van der Waals surface area contributed by atoms with Crippen LogP contribution in [0.5, 0.6) is 0 Å². The van der Waals surface area contributed by atoms with Crippen LogP contribution in [0.2, 0.25) is 0 Å². The molecule has 2 heteroatoms. The van der Waals surface area contributed by atoms with E-state index in [4.69, 9.17) is 0 Å². The molecule has 0 aromatic carbocycles. The van der Waals surface area contributed by atoms with Crippen molar-refractivity contribution in [2.75, 3.05) is 0 Å². The molecule has 32 heavy (non-hydrogen) atoms. The van der Waals surface area contributed by atoms with Gasteiger partial charge in [0.2, 0.25) is 0 Å². The molecule has 0 aliphatic heterocycles. The van der Waals surface area contributed by atoms with Gasteiger partial charge in [-0.15, -0.1) is 0 Å². The second-order valence-corrected chi connectivity index (χ2v) is 11.4. The largest absolute Gasteiger partial charge is 0.299 e. The highest BCUT2D eigenvalue weighted by Crippen LogP contribution is 2.51. The maximum absolute atomic E-state index is 13.6. The van der Waals surface area contributed by atoms with Gasteiger partial charge in [0.25, 0.3) is 0 Å². The second-order valence-electron chi connectivity index (χ2n) is 11.4. The van der Waals surface area contributed by atoms with Crippen LogP contribution >= 0.6 is 0 Å². The maximum Gasteiger partial charge on any atom is 0.147 e. The van der Waals surface area contributed by atoms with Crippen molar-refractivity contribution in [2.45, 2.75) is 114 Å². The maximum atomic E-state index is 13.6. The zero-order chi connectivity index (χ0) is 24.5. The van der Waals surface area contributed by atoms with Gasteiger partial charge >= 0.3 is 0 Å². The van der Waals surface area contributed by atoms with Crippen molar-refractivity contribution >= 4 is 11.6 Å². The number of ketones is 2. The average molecular weight is 441 g/mol. The topological polar surface area (TPSA) is 34.1 Å². The van der Waals surface area contributed by atoms with Crippen molar-refractivity contribution in [2.24, 2.45) is 16.7 Å². The summed E-state index contributed by atoms with van der Waals surface area (Å²) in [5.41, 5.74) is 4.19. The first-order chi connectivity index (χ1) is 14.8. The smallest absolute Gasteiger partial charge is 0.147 e. The average Bonchev–Trinajstić information content (AvgIpc) is 2.65. The van der Waals surface area contributed by atoms with Crippen molar-refractivity contribution in [3.8, 4) is 0 Å². The Morgan fingerprint density at radius 2 is 1.38 bits per heavy atom. The molecule has 1 saturated carbocycles. The van der Waals surface area contributed by atoms with Gasteiger partial charge < -0.3 is 0 Å².